The highest BCUT2D eigenvalue weighted by molar-refractivity contribution is 9.10. The Labute approximate surface area is 161 Å². The van der Waals surface area contributed by atoms with Gasteiger partial charge < -0.3 is 14.6 Å². The second-order valence-electron chi connectivity index (χ2n) is 5.80. The van der Waals surface area contributed by atoms with Crippen LogP contribution >= 0.6 is 28.1 Å². The molecule has 0 spiro atoms. The molecule has 3 rings (SSSR count). The molecule has 1 heterocycles. The molecule has 0 atom stereocenters. The topological polar surface area (TPSA) is 28.4 Å². The molecule has 0 fully saturated rings. The van der Waals surface area contributed by atoms with Crippen molar-refractivity contribution in [1.29, 1.82) is 0 Å². The van der Waals surface area contributed by atoms with Crippen LogP contribution in [0.15, 0.2) is 75.8 Å². The molecular weight excluding hydrogens is 396 g/mol. The Morgan fingerprint density at radius 2 is 1.80 bits per heavy atom. The van der Waals surface area contributed by atoms with E-state index in [0.29, 0.717) is 11.7 Å². The van der Waals surface area contributed by atoms with Gasteiger partial charge in [0, 0.05) is 16.7 Å². The van der Waals surface area contributed by atoms with Crippen molar-refractivity contribution in [2.75, 3.05) is 5.32 Å². The first-order valence-corrected chi connectivity index (χ1v) is 9.20. The van der Waals surface area contributed by atoms with E-state index in [1.165, 1.54) is 11.1 Å². The van der Waals surface area contributed by atoms with E-state index in [-0.39, 0.29) is 0 Å². The predicted molar refractivity (Wildman–Crippen MR) is 109 cm³/mol. The van der Waals surface area contributed by atoms with Crippen LogP contribution in [0.1, 0.15) is 16.9 Å². The molecule has 0 aliphatic carbocycles. The first-order chi connectivity index (χ1) is 12.1. The smallest absolute Gasteiger partial charge is 0.174 e. The van der Waals surface area contributed by atoms with E-state index in [9.17, 15) is 0 Å². The molecule has 1 aromatic heterocycles. The lowest BCUT2D eigenvalue weighted by Crippen LogP contribution is -2.33. The van der Waals surface area contributed by atoms with Crippen LogP contribution in [0.3, 0.4) is 0 Å². The summed E-state index contributed by atoms with van der Waals surface area (Å²) in [4.78, 5) is 2.11. The normalized spacial score (nSPS) is 10.5. The van der Waals surface area contributed by atoms with Gasteiger partial charge in [-0.3, -0.25) is 0 Å². The van der Waals surface area contributed by atoms with Crippen LogP contribution < -0.4 is 5.32 Å². The Morgan fingerprint density at radius 3 is 2.48 bits per heavy atom. The molecule has 25 heavy (non-hydrogen) atoms. The van der Waals surface area contributed by atoms with Gasteiger partial charge >= 0.3 is 0 Å². The Morgan fingerprint density at radius 1 is 1.04 bits per heavy atom. The minimum atomic E-state index is 0.615. The molecule has 0 saturated heterocycles. The van der Waals surface area contributed by atoms with E-state index in [2.05, 4.69) is 51.3 Å². The number of furan rings is 1. The third kappa shape index (κ3) is 4.94. The van der Waals surface area contributed by atoms with E-state index in [1.54, 1.807) is 6.26 Å². The van der Waals surface area contributed by atoms with Crippen molar-refractivity contribution in [2.45, 2.75) is 20.0 Å². The maximum Gasteiger partial charge on any atom is 0.174 e. The number of halogens is 1. The average Bonchev–Trinajstić information content (AvgIpc) is 3.11. The average molecular weight is 415 g/mol. The van der Waals surface area contributed by atoms with Crippen molar-refractivity contribution in [3.8, 4) is 0 Å². The molecule has 5 heteroatoms. The van der Waals surface area contributed by atoms with Crippen molar-refractivity contribution in [1.82, 2.24) is 4.90 Å². The van der Waals surface area contributed by atoms with Gasteiger partial charge in [0.05, 0.1) is 12.8 Å². The van der Waals surface area contributed by atoms with Gasteiger partial charge in [0.15, 0.2) is 5.11 Å². The zero-order valence-corrected chi connectivity index (χ0v) is 16.3. The first kappa shape index (κ1) is 17.7. The van der Waals surface area contributed by atoms with Crippen LogP contribution in [0.4, 0.5) is 5.69 Å². The zero-order chi connectivity index (χ0) is 17.6. The van der Waals surface area contributed by atoms with Gasteiger partial charge in [0.25, 0.3) is 0 Å². The summed E-state index contributed by atoms with van der Waals surface area (Å²) in [6.07, 6.45) is 1.69. The molecule has 0 amide bonds. The fourth-order valence-corrected chi connectivity index (χ4v) is 3.03. The van der Waals surface area contributed by atoms with E-state index in [0.717, 1.165) is 22.5 Å². The van der Waals surface area contributed by atoms with Crippen molar-refractivity contribution < 1.29 is 4.42 Å². The summed E-state index contributed by atoms with van der Waals surface area (Å²) in [5.74, 6) is 0.883. The lowest BCUT2D eigenvalue weighted by atomic mass is 10.1. The van der Waals surface area contributed by atoms with Crippen LogP contribution in [0.2, 0.25) is 0 Å². The summed E-state index contributed by atoms with van der Waals surface area (Å²) in [5.41, 5.74) is 3.45. The highest BCUT2D eigenvalue weighted by atomic mass is 79.9. The molecule has 0 saturated carbocycles. The van der Waals surface area contributed by atoms with Crippen LogP contribution in [0.5, 0.6) is 0 Å². The number of benzene rings is 2. The lowest BCUT2D eigenvalue weighted by molar-refractivity contribution is 0.359. The van der Waals surface area contributed by atoms with Gasteiger partial charge in [0.2, 0.25) is 0 Å². The lowest BCUT2D eigenvalue weighted by Gasteiger charge is -2.26. The van der Waals surface area contributed by atoms with E-state index >= 15 is 0 Å². The summed E-state index contributed by atoms with van der Waals surface area (Å²) in [7, 11) is 0. The largest absolute Gasteiger partial charge is 0.467 e. The quantitative estimate of drug-likeness (QED) is 0.537. The Hall–Kier alpha value is -2.11. The third-order valence-electron chi connectivity index (χ3n) is 3.93. The zero-order valence-electron chi connectivity index (χ0n) is 13.9. The molecule has 1 N–H and O–H groups in total. The van der Waals surface area contributed by atoms with Gasteiger partial charge in [-0.2, -0.15) is 0 Å². The second kappa shape index (κ2) is 8.32. The molecule has 0 unspecified atom stereocenters. The molecule has 2 aromatic carbocycles. The highest BCUT2D eigenvalue weighted by Crippen LogP contribution is 2.18. The van der Waals surface area contributed by atoms with E-state index in [4.69, 9.17) is 16.6 Å². The highest BCUT2D eigenvalue weighted by Gasteiger charge is 2.14. The van der Waals surface area contributed by atoms with Gasteiger partial charge in [-0.15, -0.1) is 0 Å². The molecule has 0 bridgehead atoms. The molecule has 0 radical (unpaired) electrons. The minimum Gasteiger partial charge on any atom is -0.467 e. The Balaban J connectivity index is 1.78. The number of aryl methyl sites for hydroxylation is 1. The second-order valence-corrected chi connectivity index (χ2v) is 7.10. The maximum absolute atomic E-state index is 5.67. The number of rotatable bonds is 5. The molecule has 128 valence electrons. The molecule has 0 aliphatic heterocycles. The predicted octanol–water partition coefficient (Wildman–Crippen LogP) is 5.75. The van der Waals surface area contributed by atoms with Gasteiger partial charge in [-0.05, 0) is 66.7 Å². The van der Waals surface area contributed by atoms with Crippen LogP contribution in [0.25, 0.3) is 0 Å². The first-order valence-electron chi connectivity index (χ1n) is 8.00. The van der Waals surface area contributed by atoms with Gasteiger partial charge in [-0.1, -0.05) is 40.2 Å². The summed E-state index contributed by atoms with van der Waals surface area (Å²) in [6, 6.07) is 20.2. The van der Waals surface area contributed by atoms with Crippen molar-refractivity contribution in [2.24, 2.45) is 0 Å². The summed E-state index contributed by atoms with van der Waals surface area (Å²) < 4.78 is 6.55. The summed E-state index contributed by atoms with van der Waals surface area (Å²) in [5, 5.41) is 3.98. The maximum atomic E-state index is 5.67. The van der Waals surface area contributed by atoms with Crippen LogP contribution in [0, 0.1) is 6.92 Å². The monoisotopic (exact) mass is 414 g/mol. The minimum absolute atomic E-state index is 0.615. The molecular formula is C20H19BrN2OS. The number of thiocarbonyl (C=S) groups is 1. The molecule has 3 nitrogen and oxygen atoms in total. The fourth-order valence-electron chi connectivity index (χ4n) is 2.52. The molecule has 3 aromatic rings. The van der Waals surface area contributed by atoms with Gasteiger partial charge in [0.1, 0.15) is 5.76 Å². The number of nitrogens with one attached hydrogen (secondary N) is 1. The molecule has 0 aliphatic rings. The van der Waals surface area contributed by atoms with Crippen molar-refractivity contribution in [3.63, 3.8) is 0 Å². The number of hydrogen-bond acceptors (Lipinski definition) is 2. The van der Waals surface area contributed by atoms with E-state index < -0.39 is 0 Å². The van der Waals surface area contributed by atoms with Crippen LogP contribution in [-0.4, -0.2) is 10.0 Å². The number of hydrogen-bond donors (Lipinski definition) is 1. The van der Waals surface area contributed by atoms with Crippen LogP contribution in [-0.2, 0) is 13.1 Å². The summed E-state index contributed by atoms with van der Waals surface area (Å²) >= 11 is 9.12. The Bertz CT molecular complexity index is 831. The van der Waals surface area contributed by atoms with E-state index in [1.807, 2.05) is 42.5 Å². The number of anilines is 1. The fraction of sp³-hybridized carbons (Fsp3) is 0.150. The standard InChI is InChI=1S/C20H19BrN2OS/c1-15-5-2-3-6-16(15)13-23(14-19-7-4-12-24-19)20(25)22-18-10-8-17(21)9-11-18/h2-12H,13-14H2,1H3,(H,22,25). The SMILES string of the molecule is Cc1ccccc1CN(Cc1ccco1)C(=S)Nc1ccc(Br)cc1. The van der Waals surface area contributed by atoms with Gasteiger partial charge in [-0.25, -0.2) is 0 Å². The van der Waals surface area contributed by atoms with Crippen molar-refractivity contribution >= 4 is 38.9 Å². The summed E-state index contributed by atoms with van der Waals surface area (Å²) in [6.45, 7) is 3.45. The number of nitrogens with zero attached hydrogens (tertiary/aromatic N) is 1. The Kier molecular flexibility index (Phi) is 5.89. The van der Waals surface area contributed by atoms with Crippen molar-refractivity contribution in [3.05, 3.63) is 88.3 Å². The third-order valence-corrected chi connectivity index (χ3v) is 4.82.